The van der Waals surface area contributed by atoms with Gasteiger partial charge < -0.3 is 10.2 Å². The fourth-order valence-electron chi connectivity index (χ4n) is 4.41. The van der Waals surface area contributed by atoms with E-state index in [0.29, 0.717) is 0 Å². The van der Waals surface area contributed by atoms with Gasteiger partial charge in [-0.2, -0.15) is 0 Å². The summed E-state index contributed by atoms with van der Waals surface area (Å²) in [5.74, 6) is 0.973. The molecule has 2 atom stereocenters. The molecule has 2 aromatic heterocycles. The molecule has 6 nitrogen and oxygen atoms in total. The third-order valence-electron chi connectivity index (χ3n) is 5.81. The third kappa shape index (κ3) is 4.95. The minimum Gasteiger partial charge on any atom is -0.354 e. The second-order valence-electron chi connectivity index (χ2n) is 8.48. The predicted molar refractivity (Wildman–Crippen MR) is 117 cm³/mol. The molecule has 2 fully saturated rings. The molecule has 7 heteroatoms. The number of hydrogen-bond donors (Lipinski definition) is 1. The fraction of sp³-hybridized carbons (Fsp3) is 0.591. The van der Waals surface area contributed by atoms with Crippen LogP contribution >= 0.6 is 11.3 Å². The van der Waals surface area contributed by atoms with Crippen molar-refractivity contribution in [3.63, 3.8) is 0 Å². The Labute approximate surface area is 177 Å². The van der Waals surface area contributed by atoms with Gasteiger partial charge in [-0.05, 0) is 50.6 Å². The van der Waals surface area contributed by atoms with Crippen molar-refractivity contribution in [2.45, 2.75) is 51.6 Å². The van der Waals surface area contributed by atoms with E-state index < -0.39 is 0 Å². The number of carbonyl (C=O) groups excluding carboxylic acids is 1. The highest BCUT2D eigenvalue weighted by Crippen LogP contribution is 2.34. The molecule has 29 heavy (non-hydrogen) atoms. The SMILES string of the molecule is CC(C)NC(=O)[C@@H]1CN(Cc2cccs2)C[C@H]1c1ccnc(N2CCCCC2)n1. The number of likely N-dealkylation sites (tertiary alicyclic amines) is 1. The number of nitrogens with one attached hydrogen (secondary N) is 1. The minimum atomic E-state index is -0.0820. The number of nitrogens with zero attached hydrogens (tertiary/aromatic N) is 4. The largest absolute Gasteiger partial charge is 0.354 e. The Bertz CT molecular complexity index is 803. The second kappa shape index (κ2) is 9.22. The minimum absolute atomic E-state index is 0.0820. The van der Waals surface area contributed by atoms with Crippen molar-refractivity contribution in [2.24, 2.45) is 5.92 Å². The Hall–Kier alpha value is -1.99. The smallest absolute Gasteiger partial charge is 0.225 e. The molecule has 4 heterocycles. The van der Waals surface area contributed by atoms with Crippen molar-refractivity contribution in [3.8, 4) is 0 Å². The average Bonchev–Trinajstić information content (AvgIpc) is 3.39. The van der Waals surface area contributed by atoms with Crippen LogP contribution in [0.5, 0.6) is 0 Å². The number of anilines is 1. The van der Waals surface area contributed by atoms with E-state index in [1.165, 1.54) is 24.1 Å². The first-order chi connectivity index (χ1) is 14.1. The van der Waals surface area contributed by atoms with E-state index in [4.69, 9.17) is 4.98 Å². The number of thiophene rings is 1. The summed E-state index contributed by atoms with van der Waals surface area (Å²) < 4.78 is 0. The van der Waals surface area contributed by atoms with E-state index in [9.17, 15) is 4.79 Å². The van der Waals surface area contributed by atoms with Crippen LogP contribution in [0.25, 0.3) is 0 Å². The molecule has 0 unspecified atom stereocenters. The number of carbonyl (C=O) groups is 1. The number of aromatic nitrogens is 2. The lowest BCUT2D eigenvalue weighted by Crippen LogP contribution is -2.38. The molecule has 2 aliphatic rings. The van der Waals surface area contributed by atoms with Gasteiger partial charge >= 0.3 is 0 Å². The van der Waals surface area contributed by atoms with Crippen molar-refractivity contribution in [2.75, 3.05) is 31.1 Å². The zero-order valence-electron chi connectivity index (χ0n) is 17.4. The van der Waals surface area contributed by atoms with Crippen molar-refractivity contribution < 1.29 is 4.79 Å². The summed E-state index contributed by atoms with van der Waals surface area (Å²) in [6.45, 7) is 8.60. The zero-order valence-corrected chi connectivity index (χ0v) is 18.2. The fourth-order valence-corrected chi connectivity index (χ4v) is 5.16. The van der Waals surface area contributed by atoms with Crippen LogP contribution in [0, 0.1) is 5.92 Å². The second-order valence-corrected chi connectivity index (χ2v) is 9.51. The van der Waals surface area contributed by atoms with Crippen LogP contribution in [0.3, 0.4) is 0 Å². The third-order valence-corrected chi connectivity index (χ3v) is 6.67. The highest BCUT2D eigenvalue weighted by molar-refractivity contribution is 7.09. The van der Waals surface area contributed by atoms with E-state index in [-0.39, 0.29) is 23.8 Å². The van der Waals surface area contributed by atoms with Gasteiger partial charge in [0.05, 0.1) is 11.6 Å². The molecule has 0 aliphatic carbocycles. The number of hydrogen-bond acceptors (Lipinski definition) is 6. The average molecular weight is 414 g/mol. The highest BCUT2D eigenvalue weighted by atomic mass is 32.1. The molecule has 1 amide bonds. The lowest BCUT2D eigenvalue weighted by Gasteiger charge is -2.27. The zero-order chi connectivity index (χ0) is 20.2. The molecule has 2 saturated heterocycles. The maximum absolute atomic E-state index is 13.0. The normalized spacial score (nSPS) is 22.9. The van der Waals surface area contributed by atoms with Crippen molar-refractivity contribution in [3.05, 3.63) is 40.3 Å². The monoisotopic (exact) mass is 413 g/mol. The summed E-state index contributed by atoms with van der Waals surface area (Å²) in [5, 5.41) is 5.24. The Kier molecular flexibility index (Phi) is 6.45. The Morgan fingerprint density at radius 2 is 2.07 bits per heavy atom. The standard InChI is InChI=1S/C22H31N5OS/c1-16(2)24-21(28)19-15-26(13-17-7-6-12-29-17)14-18(19)20-8-9-23-22(25-20)27-10-4-3-5-11-27/h6-9,12,16,18-19H,3-5,10-11,13-15H2,1-2H3,(H,24,28)/t18-,19-/m1/s1. The van der Waals surface area contributed by atoms with E-state index in [0.717, 1.165) is 44.4 Å². The molecule has 1 N–H and O–H groups in total. The first-order valence-electron chi connectivity index (χ1n) is 10.7. The summed E-state index contributed by atoms with van der Waals surface area (Å²) in [4.78, 5) is 28.5. The molecule has 2 aromatic rings. The maximum atomic E-state index is 13.0. The lowest BCUT2D eigenvalue weighted by molar-refractivity contribution is -0.125. The first-order valence-corrected chi connectivity index (χ1v) is 11.6. The van der Waals surface area contributed by atoms with Crippen LogP contribution in [0.2, 0.25) is 0 Å². The van der Waals surface area contributed by atoms with Gasteiger partial charge in [-0.15, -0.1) is 11.3 Å². The summed E-state index contributed by atoms with van der Waals surface area (Å²) in [7, 11) is 0. The predicted octanol–water partition coefficient (Wildman–Crippen LogP) is 3.27. The summed E-state index contributed by atoms with van der Waals surface area (Å²) in [6, 6.07) is 6.40. The summed E-state index contributed by atoms with van der Waals surface area (Å²) >= 11 is 1.77. The van der Waals surface area contributed by atoms with Crippen LogP contribution in [-0.2, 0) is 11.3 Å². The molecule has 4 rings (SSSR count). The van der Waals surface area contributed by atoms with Gasteiger partial charge in [0.2, 0.25) is 11.9 Å². The number of piperidine rings is 1. The quantitative estimate of drug-likeness (QED) is 0.788. The number of rotatable bonds is 6. The molecule has 0 aromatic carbocycles. The molecular formula is C22H31N5OS. The summed E-state index contributed by atoms with van der Waals surface area (Å²) in [6.07, 6.45) is 5.55. The molecule has 0 bridgehead atoms. The van der Waals surface area contributed by atoms with Crippen LogP contribution in [0.4, 0.5) is 5.95 Å². The van der Waals surface area contributed by atoms with Gasteiger partial charge in [-0.25, -0.2) is 9.97 Å². The van der Waals surface area contributed by atoms with Crippen LogP contribution < -0.4 is 10.2 Å². The van der Waals surface area contributed by atoms with Crippen molar-refractivity contribution >= 4 is 23.2 Å². The highest BCUT2D eigenvalue weighted by Gasteiger charge is 2.39. The van der Waals surface area contributed by atoms with E-state index in [1.54, 1.807) is 11.3 Å². The first kappa shape index (κ1) is 20.3. The van der Waals surface area contributed by atoms with Crippen LogP contribution in [-0.4, -0.2) is 53.0 Å². The van der Waals surface area contributed by atoms with E-state index in [1.807, 2.05) is 26.1 Å². The maximum Gasteiger partial charge on any atom is 0.225 e. The van der Waals surface area contributed by atoms with E-state index in [2.05, 4.69) is 37.6 Å². The van der Waals surface area contributed by atoms with Gasteiger partial charge in [0.15, 0.2) is 0 Å². The van der Waals surface area contributed by atoms with Gasteiger partial charge in [0.1, 0.15) is 0 Å². The van der Waals surface area contributed by atoms with Gasteiger partial charge in [0.25, 0.3) is 0 Å². The molecule has 0 spiro atoms. The van der Waals surface area contributed by atoms with Gasteiger partial charge in [-0.1, -0.05) is 6.07 Å². The molecular weight excluding hydrogens is 382 g/mol. The van der Waals surface area contributed by atoms with Gasteiger partial charge in [0, 0.05) is 55.8 Å². The Morgan fingerprint density at radius 3 is 2.79 bits per heavy atom. The molecule has 156 valence electrons. The van der Waals surface area contributed by atoms with Crippen LogP contribution in [0.15, 0.2) is 29.8 Å². The summed E-state index contributed by atoms with van der Waals surface area (Å²) in [5.41, 5.74) is 0.998. The molecule has 2 aliphatic heterocycles. The topological polar surface area (TPSA) is 61.4 Å². The van der Waals surface area contributed by atoms with Crippen molar-refractivity contribution in [1.82, 2.24) is 20.2 Å². The van der Waals surface area contributed by atoms with E-state index >= 15 is 0 Å². The van der Waals surface area contributed by atoms with Crippen LogP contribution in [0.1, 0.15) is 49.6 Å². The lowest BCUT2D eigenvalue weighted by atomic mass is 9.91. The number of amides is 1. The van der Waals surface area contributed by atoms with Crippen molar-refractivity contribution in [1.29, 1.82) is 0 Å². The molecule has 0 radical (unpaired) electrons. The molecule has 0 saturated carbocycles. The van der Waals surface area contributed by atoms with Gasteiger partial charge in [-0.3, -0.25) is 9.69 Å². The Balaban J connectivity index is 1.55. The Morgan fingerprint density at radius 1 is 1.24 bits per heavy atom.